The van der Waals surface area contributed by atoms with Crippen LogP contribution in [0.15, 0.2) is 24.5 Å². The van der Waals surface area contributed by atoms with Crippen LogP contribution in [0.1, 0.15) is 5.82 Å². The molecule has 1 aromatic carbocycles. The third-order valence-electron chi connectivity index (χ3n) is 1.76. The van der Waals surface area contributed by atoms with E-state index in [1.165, 1.54) is 0 Å². The summed E-state index contributed by atoms with van der Waals surface area (Å²) in [6, 6.07) is 5.21. The molecule has 0 fully saturated rings. The molecule has 0 aliphatic heterocycles. The minimum Gasteiger partial charge on any atom is -0.220 e. The lowest BCUT2D eigenvalue weighted by atomic mass is 10.3. The maximum atomic E-state index is 5.99. The molecule has 14 heavy (non-hydrogen) atoms. The zero-order valence-corrected chi connectivity index (χ0v) is 8.92. The van der Waals surface area contributed by atoms with Crippen LogP contribution in [0.3, 0.4) is 0 Å². The minimum atomic E-state index is 0.597. The molecule has 1 aromatic heterocycles. The van der Waals surface area contributed by atoms with E-state index in [9.17, 15) is 0 Å². The fourth-order valence-electron chi connectivity index (χ4n) is 1.12. The van der Waals surface area contributed by atoms with Crippen molar-refractivity contribution >= 4 is 23.2 Å². The highest BCUT2D eigenvalue weighted by atomic mass is 35.5. The van der Waals surface area contributed by atoms with Crippen LogP contribution in [0, 0.1) is 6.92 Å². The Kier molecular flexibility index (Phi) is 2.44. The van der Waals surface area contributed by atoms with Crippen molar-refractivity contribution in [2.45, 2.75) is 6.92 Å². The van der Waals surface area contributed by atoms with Crippen LogP contribution in [0.25, 0.3) is 5.69 Å². The smallest absolute Gasteiger partial charge is 0.147 e. The Bertz CT molecular complexity index is 465. The summed E-state index contributed by atoms with van der Waals surface area (Å²) in [5.41, 5.74) is 0.736. The first kappa shape index (κ1) is 9.49. The molecule has 0 bridgehead atoms. The lowest BCUT2D eigenvalue weighted by Crippen LogP contribution is -1.95. The standard InChI is InChI=1S/C9H7Cl2N3/c1-6-12-5-14(13-6)9-4-7(10)2-3-8(9)11/h2-5H,1H3. The molecule has 0 radical (unpaired) electrons. The molecule has 0 atom stereocenters. The fourth-order valence-corrected chi connectivity index (χ4v) is 1.49. The summed E-state index contributed by atoms with van der Waals surface area (Å²) >= 11 is 11.8. The quantitative estimate of drug-likeness (QED) is 0.751. The van der Waals surface area contributed by atoms with Gasteiger partial charge >= 0.3 is 0 Å². The van der Waals surface area contributed by atoms with Crippen molar-refractivity contribution in [2.24, 2.45) is 0 Å². The minimum absolute atomic E-state index is 0.597. The molecule has 3 nitrogen and oxygen atoms in total. The lowest BCUT2D eigenvalue weighted by Gasteiger charge is -2.03. The van der Waals surface area contributed by atoms with E-state index in [1.54, 1.807) is 29.2 Å². The fraction of sp³-hybridized carbons (Fsp3) is 0.111. The van der Waals surface area contributed by atoms with Gasteiger partial charge in [-0.1, -0.05) is 23.2 Å². The van der Waals surface area contributed by atoms with Crippen LogP contribution in [-0.2, 0) is 0 Å². The molecule has 0 aliphatic carbocycles. The van der Waals surface area contributed by atoms with Gasteiger partial charge in [-0.05, 0) is 25.1 Å². The van der Waals surface area contributed by atoms with Crippen molar-refractivity contribution in [1.82, 2.24) is 14.8 Å². The normalized spacial score (nSPS) is 10.5. The third-order valence-corrected chi connectivity index (χ3v) is 2.32. The topological polar surface area (TPSA) is 30.7 Å². The second kappa shape index (κ2) is 3.59. The van der Waals surface area contributed by atoms with E-state index in [0.29, 0.717) is 15.9 Å². The van der Waals surface area contributed by atoms with Gasteiger partial charge in [-0.3, -0.25) is 0 Å². The van der Waals surface area contributed by atoms with E-state index in [4.69, 9.17) is 23.2 Å². The molecule has 0 amide bonds. The van der Waals surface area contributed by atoms with Crippen molar-refractivity contribution in [3.05, 3.63) is 40.4 Å². The maximum absolute atomic E-state index is 5.99. The van der Waals surface area contributed by atoms with Gasteiger partial charge in [0.25, 0.3) is 0 Å². The van der Waals surface area contributed by atoms with E-state index in [0.717, 1.165) is 5.69 Å². The average Bonchev–Trinajstić information content (AvgIpc) is 2.56. The van der Waals surface area contributed by atoms with E-state index >= 15 is 0 Å². The van der Waals surface area contributed by atoms with Gasteiger partial charge in [-0.15, -0.1) is 0 Å². The number of hydrogen-bond donors (Lipinski definition) is 0. The monoisotopic (exact) mass is 227 g/mol. The van der Waals surface area contributed by atoms with Gasteiger partial charge in [0, 0.05) is 5.02 Å². The zero-order chi connectivity index (χ0) is 10.1. The molecule has 72 valence electrons. The van der Waals surface area contributed by atoms with Crippen LogP contribution in [0.4, 0.5) is 0 Å². The predicted molar refractivity (Wildman–Crippen MR) is 56.1 cm³/mol. The van der Waals surface area contributed by atoms with Gasteiger partial charge in [0.1, 0.15) is 12.2 Å². The van der Waals surface area contributed by atoms with Crippen LogP contribution < -0.4 is 0 Å². The van der Waals surface area contributed by atoms with Crippen molar-refractivity contribution < 1.29 is 0 Å². The average molecular weight is 228 g/mol. The lowest BCUT2D eigenvalue weighted by molar-refractivity contribution is 0.863. The van der Waals surface area contributed by atoms with Gasteiger partial charge < -0.3 is 0 Å². The molecule has 1 heterocycles. The number of nitrogens with zero attached hydrogens (tertiary/aromatic N) is 3. The molecule has 0 aliphatic rings. The summed E-state index contributed by atoms with van der Waals surface area (Å²) in [5, 5.41) is 5.36. The summed E-state index contributed by atoms with van der Waals surface area (Å²) in [7, 11) is 0. The summed E-state index contributed by atoms with van der Waals surface area (Å²) < 4.78 is 1.60. The van der Waals surface area contributed by atoms with Crippen molar-refractivity contribution in [3.8, 4) is 5.69 Å². The Morgan fingerprint density at radius 2 is 2.07 bits per heavy atom. The molecular formula is C9H7Cl2N3. The maximum Gasteiger partial charge on any atom is 0.147 e. The van der Waals surface area contributed by atoms with Gasteiger partial charge in [0.2, 0.25) is 0 Å². The molecule has 2 aromatic rings. The summed E-state index contributed by atoms with van der Waals surface area (Å²) in [6.07, 6.45) is 1.60. The second-order valence-electron chi connectivity index (χ2n) is 2.83. The molecule has 0 saturated heterocycles. The van der Waals surface area contributed by atoms with Gasteiger partial charge in [-0.25, -0.2) is 9.67 Å². The van der Waals surface area contributed by atoms with Gasteiger partial charge in [-0.2, -0.15) is 5.10 Å². The number of aryl methyl sites for hydroxylation is 1. The zero-order valence-electron chi connectivity index (χ0n) is 7.41. The van der Waals surface area contributed by atoms with Crippen LogP contribution >= 0.6 is 23.2 Å². The van der Waals surface area contributed by atoms with Gasteiger partial charge in [0.15, 0.2) is 0 Å². The Morgan fingerprint density at radius 3 is 2.71 bits per heavy atom. The van der Waals surface area contributed by atoms with Crippen molar-refractivity contribution in [3.63, 3.8) is 0 Å². The van der Waals surface area contributed by atoms with Crippen molar-refractivity contribution in [1.29, 1.82) is 0 Å². The number of halogens is 2. The Hall–Kier alpha value is -1.06. The van der Waals surface area contributed by atoms with Crippen molar-refractivity contribution in [2.75, 3.05) is 0 Å². The van der Waals surface area contributed by atoms with Crippen LogP contribution in [-0.4, -0.2) is 14.8 Å². The second-order valence-corrected chi connectivity index (χ2v) is 3.68. The van der Waals surface area contributed by atoms with Crippen LogP contribution in [0.2, 0.25) is 10.0 Å². The Labute approximate surface area is 91.3 Å². The molecule has 0 N–H and O–H groups in total. The molecular weight excluding hydrogens is 221 g/mol. The SMILES string of the molecule is Cc1ncn(-c2cc(Cl)ccc2Cl)n1. The number of hydrogen-bond acceptors (Lipinski definition) is 2. The highest BCUT2D eigenvalue weighted by Crippen LogP contribution is 2.23. The van der Waals surface area contributed by atoms with E-state index in [2.05, 4.69) is 10.1 Å². The summed E-state index contributed by atoms with van der Waals surface area (Å²) in [5.74, 6) is 0.695. The first-order valence-electron chi connectivity index (χ1n) is 4.00. The molecule has 0 spiro atoms. The predicted octanol–water partition coefficient (Wildman–Crippen LogP) is 2.88. The highest BCUT2D eigenvalue weighted by molar-refractivity contribution is 6.34. The largest absolute Gasteiger partial charge is 0.220 e. The molecule has 0 saturated carbocycles. The molecule has 5 heteroatoms. The number of rotatable bonds is 1. The van der Waals surface area contributed by atoms with Gasteiger partial charge in [0.05, 0.1) is 10.7 Å². The number of aromatic nitrogens is 3. The van der Waals surface area contributed by atoms with E-state index < -0.39 is 0 Å². The third kappa shape index (κ3) is 1.74. The highest BCUT2D eigenvalue weighted by Gasteiger charge is 2.04. The van der Waals surface area contributed by atoms with E-state index in [1.807, 2.05) is 6.92 Å². The summed E-state index contributed by atoms with van der Waals surface area (Å²) in [4.78, 5) is 4.01. The number of benzene rings is 1. The Morgan fingerprint density at radius 1 is 1.29 bits per heavy atom. The summed E-state index contributed by atoms with van der Waals surface area (Å²) in [6.45, 7) is 1.81. The Balaban J connectivity index is 2.55. The first-order chi connectivity index (χ1) is 6.66. The first-order valence-corrected chi connectivity index (χ1v) is 4.76. The molecule has 0 unspecified atom stereocenters. The van der Waals surface area contributed by atoms with E-state index in [-0.39, 0.29) is 0 Å². The molecule has 2 rings (SSSR count). The van der Waals surface area contributed by atoms with Crippen LogP contribution in [0.5, 0.6) is 0 Å².